The van der Waals surface area contributed by atoms with Crippen LogP contribution in [0.4, 0.5) is 10.1 Å². The molecule has 6 heteroatoms. The van der Waals surface area contributed by atoms with Crippen molar-refractivity contribution in [3.8, 4) is 11.5 Å². The normalized spacial score (nSPS) is 12.9. The maximum absolute atomic E-state index is 13.3. The standard InChI is InChI=1S/C16H13ClFNO3/c1-9-2-3-10(18)6-11(9)16(20)19-13-8-15-14(7-12(13)17)21-4-5-22-15/h2-3,6-8H,4-5H2,1H3,(H,19,20). The summed E-state index contributed by atoms with van der Waals surface area (Å²) >= 11 is 6.14. The van der Waals surface area contributed by atoms with Gasteiger partial charge in [-0.05, 0) is 24.6 Å². The molecule has 22 heavy (non-hydrogen) atoms. The lowest BCUT2D eigenvalue weighted by Gasteiger charge is -2.20. The molecule has 0 spiro atoms. The Morgan fingerprint density at radius 2 is 1.86 bits per heavy atom. The number of fused-ring (bicyclic) bond motifs is 1. The number of halogens is 2. The molecule has 1 amide bonds. The van der Waals surface area contributed by atoms with Crippen molar-refractivity contribution < 1.29 is 18.7 Å². The van der Waals surface area contributed by atoms with E-state index in [-0.39, 0.29) is 5.56 Å². The Morgan fingerprint density at radius 1 is 1.18 bits per heavy atom. The summed E-state index contributed by atoms with van der Waals surface area (Å²) in [6, 6.07) is 7.24. The van der Waals surface area contributed by atoms with Gasteiger partial charge < -0.3 is 14.8 Å². The van der Waals surface area contributed by atoms with Gasteiger partial charge in [0.25, 0.3) is 5.91 Å². The fourth-order valence-electron chi connectivity index (χ4n) is 2.19. The molecule has 0 fully saturated rings. The van der Waals surface area contributed by atoms with Gasteiger partial charge in [-0.3, -0.25) is 4.79 Å². The summed E-state index contributed by atoms with van der Waals surface area (Å²) in [4.78, 5) is 12.3. The zero-order valence-electron chi connectivity index (χ0n) is 11.8. The Bertz CT molecular complexity index is 748. The topological polar surface area (TPSA) is 47.6 Å². The number of amides is 1. The first-order chi connectivity index (χ1) is 10.5. The van der Waals surface area contributed by atoms with E-state index in [9.17, 15) is 9.18 Å². The summed E-state index contributed by atoms with van der Waals surface area (Å²) < 4.78 is 24.2. The Labute approximate surface area is 131 Å². The fraction of sp³-hybridized carbons (Fsp3) is 0.188. The van der Waals surface area contributed by atoms with Crippen LogP contribution in [-0.2, 0) is 0 Å². The van der Waals surface area contributed by atoms with E-state index in [1.54, 1.807) is 25.1 Å². The van der Waals surface area contributed by atoms with Gasteiger partial charge in [-0.25, -0.2) is 4.39 Å². The average Bonchev–Trinajstić information content (AvgIpc) is 2.50. The number of ether oxygens (including phenoxy) is 2. The maximum Gasteiger partial charge on any atom is 0.256 e. The van der Waals surface area contributed by atoms with E-state index in [1.165, 1.54) is 12.1 Å². The molecule has 0 radical (unpaired) electrons. The molecule has 2 aromatic carbocycles. The summed E-state index contributed by atoms with van der Waals surface area (Å²) in [7, 11) is 0. The van der Waals surface area contributed by atoms with Gasteiger partial charge >= 0.3 is 0 Å². The Kier molecular flexibility index (Phi) is 3.90. The molecule has 0 saturated heterocycles. The van der Waals surface area contributed by atoms with Crippen molar-refractivity contribution in [1.82, 2.24) is 0 Å². The van der Waals surface area contributed by atoms with Crippen LogP contribution >= 0.6 is 11.6 Å². The van der Waals surface area contributed by atoms with Crippen LogP contribution < -0.4 is 14.8 Å². The van der Waals surface area contributed by atoms with Crippen LogP contribution in [0.5, 0.6) is 11.5 Å². The largest absolute Gasteiger partial charge is 0.486 e. The summed E-state index contributed by atoms with van der Waals surface area (Å²) in [5.41, 5.74) is 1.32. The second-order valence-corrected chi connectivity index (χ2v) is 5.30. The van der Waals surface area contributed by atoms with Crippen molar-refractivity contribution in [2.24, 2.45) is 0 Å². The third kappa shape index (κ3) is 2.85. The van der Waals surface area contributed by atoms with Crippen LogP contribution in [0, 0.1) is 12.7 Å². The van der Waals surface area contributed by atoms with Crippen LogP contribution in [-0.4, -0.2) is 19.1 Å². The van der Waals surface area contributed by atoms with Gasteiger partial charge in [-0.2, -0.15) is 0 Å². The summed E-state index contributed by atoms with van der Waals surface area (Å²) in [6.45, 7) is 2.63. The maximum atomic E-state index is 13.3. The average molecular weight is 322 g/mol. The molecule has 1 N–H and O–H groups in total. The van der Waals surface area contributed by atoms with Gasteiger partial charge in [-0.15, -0.1) is 0 Å². The molecule has 1 aliphatic rings. The van der Waals surface area contributed by atoms with E-state index in [4.69, 9.17) is 21.1 Å². The Morgan fingerprint density at radius 3 is 2.59 bits per heavy atom. The van der Waals surface area contributed by atoms with Crippen LogP contribution in [0.2, 0.25) is 5.02 Å². The molecule has 2 aromatic rings. The highest BCUT2D eigenvalue weighted by atomic mass is 35.5. The number of carbonyl (C=O) groups excluding carboxylic acids is 1. The lowest BCUT2D eigenvalue weighted by atomic mass is 10.1. The third-order valence-corrected chi connectivity index (χ3v) is 3.64. The third-order valence-electron chi connectivity index (χ3n) is 3.32. The molecule has 0 saturated carbocycles. The van der Waals surface area contributed by atoms with Crippen molar-refractivity contribution in [2.75, 3.05) is 18.5 Å². The SMILES string of the molecule is Cc1ccc(F)cc1C(=O)Nc1cc2c(cc1Cl)OCCO2. The summed E-state index contributed by atoms with van der Waals surface area (Å²) in [5.74, 6) is 0.151. The number of hydrogen-bond donors (Lipinski definition) is 1. The fourth-order valence-corrected chi connectivity index (χ4v) is 2.39. The first-order valence-corrected chi connectivity index (χ1v) is 7.09. The Balaban J connectivity index is 1.89. The molecule has 0 aromatic heterocycles. The highest BCUT2D eigenvalue weighted by Gasteiger charge is 2.17. The van der Waals surface area contributed by atoms with Gasteiger partial charge in [0.1, 0.15) is 19.0 Å². The molecule has 0 unspecified atom stereocenters. The monoisotopic (exact) mass is 321 g/mol. The number of carbonyl (C=O) groups is 1. The minimum Gasteiger partial charge on any atom is -0.486 e. The zero-order valence-corrected chi connectivity index (χ0v) is 12.5. The molecule has 3 rings (SSSR count). The molecule has 114 valence electrons. The summed E-state index contributed by atoms with van der Waals surface area (Å²) in [6.07, 6.45) is 0. The molecule has 0 bridgehead atoms. The molecular weight excluding hydrogens is 309 g/mol. The minimum atomic E-state index is -0.468. The van der Waals surface area contributed by atoms with Crippen LogP contribution in [0.25, 0.3) is 0 Å². The number of anilines is 1. The van der Waals surface area contributed by atoms with E-state index >= 15 is 0 Å². The van der Waals surface area contributed by atoms with Crippen LogP contribution in [0.1, 0.15) is 15.9 Å². The van der Waals surface area contributed by atoms with Crippen molar-refractivity contribution >= 4 is 23.2 Å². The number of nitrogens with one attached hydrogen (secondary N) is 1. The predicted octanol–water partition coefficient (Wildman–Crippen LogP) is 3.81. The first kappa shape index (κ1) is 14.7. The van der Waals surface area contributed by atoms with Gasteiger partial charge in [0.05, 0.1) is 10.7 Å². The smallest absolute Gasteiger partial charge is 0.256 e. The van der Waals surface area contributed by atoms with E-state index in [1.807, 2.05) is 0 Å². The predicted molar refractivity (Wildman–Crippen MR) is 81.5 cm³/mol. The quantitative estimate of drug-likeness (QED) is 0.915. The van der Waals surface area contributed by atoms with Gasteiger partial charge in [0.15, 0.2) is 11.5 Å². The first-order valence-electron chi connectivity index (χ1n) is 6.71. The lowest BCUT2D eigenvalue weighted by molar-refractivity contribution is 0.102. The molecule has 1 aliphatic heterocycles. The highest BCUT2D eigenvalue weighted by molar-refractivity contribution is 6.34. The van der Waals surface area contributed by atoms with Crippen molar-refractivity contribution in [2.45, 2.75) is 6.92 Å². The molecular formula is C16H13ClFNO3. The number of rotatable bonds is 2. The number of aryl methyl sites for hydroxylation is 1. The second-order valence-electron chi connectivity index (χ2n) is 4.89. The second kappa shape index (κ2) is 5.85. The molecule has 0 atom stereocenters. The van der Waals surface area contributed by atoms with Gasteiger partial charge in [0.2, 0.25) is 0 Å². The number of hydrogen-bond acceptors (Lipinski definition) is 3. The summed E-state index contributed by atoms with van der Waals surface area (Å²) in [5, 5.41) is 3.00. The van der Waals surface area contributed by atoms with Crippen LogP contribution in [0.3, 0.4) is 0 Å². The zero-order chi connectivity index (χ0) is 15.7. The van der Waals surface area contributed by atoms with Crippen molar-refractivity contribution in [1.29, 1.82) is 0 Å². The van der Waals surface area contributed by atoms with Gasteiger partial charge in [0, 0.05) is 17.7 Å². The molecule has 1 heterocycles. The van der Waals surface area contributed by atoms with Crippen LogP contribution in [0.15, 0.2) is 30.3 Å². The van der Waals surface area contributed by atoms with Crippen molar-refractivity contribution in [3.63, 3.8) is 0 Å². The minimum absolute atomic E-state index is 0.256. The highest BCUT2D eigenvalue weighted by Crippen LogP contribution is 2.38. The number of benzene rings is 2. The van der Waals surface area contributed by atoms with E-state index < -0.39 is 11.7 Å². The van der Waals surface area contributed by atoms with Gasteiger partial charge in [-0.1, -0.05) is 17.7 Å². The molecule has 0 aliphatic carbocycles. The van der Waals surface area contributed by atoms with Crippen molar-refractivity contribution in [3.05, 3.63) is 52.3 Å². The van der Waals surface area contributed by atoms with E-state index in [2.05, 4.69) is 5.32 Å². The van der Waals surface area contributed by atoms with E-state index in [0.29, 0.717) is 41.0 Å². The Hall–Kier alpha value is -2.27. The lowest BCUT2D eigenvalue weighted by Crippen LogP contribution is -2.17. The molecule has 4 nitrogen and oxygen atoms in total. The van der Waals surface area contributed by atoms with E-state index in [0.717, 1.165) is 0 Å².